The number of hydrogen-bond donors (Lipinski definition) is 3. The highest BCUT2D eigenvalue weighted by molar-refractivity contribution is 5.94. The zero-order valence-corrected chi connectivity index (χ0v) is 18.7. The van der Waals surface area contributed by atoms with Gasteiger partial charge in [-0.25, -0.2) is 4.79 Å². The topological polar surface area (TPSA) is 81.3 Å². The Balaban J connectivity index is 1.85. The van der Waals surface area contributed by atoms with Gasteiger partial charge in [-0.15, -0.1) is 6.58 Å². The summed E-state index contributed by atoms with van der Waals surface area (Å²) >= 11 is 0. The Morgan fingerprint density at radius 2 is 1.91 bits per heavy atom. The lowest BCUT2D eigenvalue weighted by Gasteiger charge is -2.14. The molecule has 6 nitrogen and oxygen atoms in total. The molecular weight excluding hydrogens is 412 g/mol. The number of rotatable bonds is 8. The van der Waals surface area contributed by atoms with E-state index < -0.39 is 0 Å². The summed E-state index contributed by atoms with van der Waals surface area (Å²) in [6.45, 7) is 5.09. The van der Waals surface area contributed by atoms with Gasteiger partial charge < -0.3 is 25.7 Å². The fourth-order valence-corrected chi connectivity index (χ4v) is 4.08. The summed E-state index contributed by atoms with van der Waals surface area (Å²) < 4.78 is 7.78. The van der Waals surface area contributed by atoms with E-state index >= 15 is 0 Å². The molecule has 0 bridgehead atoms. The van der Waals surface area contributed by atoms with Gasteiger partial charge in [-0.05, 0) is 35.4 Å². The molecule has 0 aliphatic rings. The fourth-order valence-electron chi connectivity index (χ4n) is 4.08. The van der Waals surface area contributed by atoms with Gasteiger partial charge in [0.2, 0.25) is 0 Å². The van der Waals surface area contributed by atoms with Crippen LogP contribution in [0.25, 0.3) is 22.2 Å². The molecule has 168 valence electrons. The van der Waals surface area contributed by atoms with E-state index in [1.807, 2.05) is 54.6 Å². The van der Waals surface area contributed by atoms with Crippen LogP contribution in [0.1, 0.15) is 11.1 Å². The first-order valence-electron chi connectivity index (χ1n) is 10.8. The van der Waals surface area contributed by atoms with Crippen LogP contribution in [-0.4, -0.2) is 24.3 Å². The maximum Gasteiger partial charge on any atom is 0.319 e. The summed E-state index contributed by atoms with van der Waals surface area (Å²) in [6, 6.07) is 23.9. The number of carbonyl (C=O) groups excluding carboxylic acids is 1. The number of methoxy groups -OCH3 is 1. The second kappa shape index (κ2) is 10.1. The molecule has 2 amide bonds. The molecule has 0 saturated carbocycles. The highest BCUT2D eigenvalue weighted by atomic mass is 16.5. The maximum absolute atomic E-state index is 12.2. The van der Waals surface area contributed by atoms with Crippen molar-refractivity contribution in [2.75, 3.05) is 19.0 Å². The number of carbonyl (C=O) groups is 1. The van der Waals surface area contributed by atoms with E-state index in [4.69, 9.17) is 10.5 Å². The molecule has 4 N–H and O–H groups in total. The number of aromatic nitrogens is 1. The first-order valence-corrected chi connectivity index (χ1v) is 10.8. The smallest absolute Gasteiger partial charge is 0.319 e. The van der Waals surface area contributed by atoms with Crippen molar-refractivity contribution in [2.45, 2.75) is 13.1 Å². The number of hydrogen-bond acceptors (Lipinski definition) is 3. The van der Waals surface area contributed by atoms with Gasteiger partial charge in [0.05, 0.1) is 18.3 Å². The van der Waals surface area contributed by atoms with Crippen LogP contribution in [0, 0.1) is 0 Å². The monoisotopic (exact) mass is 440 g/mol. The van der Waals surface area contributed by atoms with Crippen LogP contribution < -0.4 is 21.1 Å². The highest BCUT2D eigenvalue weighted by Gasteiger charge is 2.19. The van der Waals surface area contributed by atoms with Crippen molar-refractivity contribution in [3.63, 3.8) is 0 Å². The van der Waals surface area contributed by atoms with Crippen molar-refractivity contribution in [1.29, 1.82) is 0 Å². The number of ether oxygens (including phenoxy) is 1. The first kappa shape index (κ1) is 22.2. The summed E-state index contributed by atoms with van der Waals surface area (Å²) in [4.78, 5) is 12.2. The molecular formula is C27H28N4O2. The van der Waals surface area contributed by atoms with Crippen LogP contribution in [0.15, 0.2) is 85.5 Å². The molecule has 3 aromatic carbocycles. The number of urea groups is 1. The molecule has 0 saturated heterocycles. The number of nitrogens with zero attached hydrogens (tertiary/aromatic N) is 1. The Kier molecular flexibility index (Phi) is 6.76. The standard InChI is InChI=1S/C27H28N4O2/c1-3-14-29-27(32)30-21-11-7-10-20(15-21)26-24(17-28)23-13-12-22(33-2)16-25(23)31(26)18-19-8-5-4-6-9-19/h3-13,15-16H,1,14,17-18,28H2,2H3,(H2,29,30,32). The van der Waals surface area contributed by atoms with Crippen LogP contribution in [-0.2, 0) is 13.1 Å². The second-order valence-electron chi connectivity index (χ2n) is 7.69. The SMILES string of the molecule is C=CCNC(=O)Nc1cccc(-c2c(CN)c3ccc(OC)cc3n2Cc2ccccc2)c1. The van der Waals surface area contributed by atoms with Gasteiger partial charge in [-0.3, -0.25) is 0 Å². The first-order chi connectivity index (χ1) is 16.1. The number of nitrogens with two attached hydrogens (primary N) is 1. The van der Waals surface area contributed by atoms with Gasteiger partial charge in [-0.1, -0.05) is 48.5 Å². The van der Waals surface area contributed by atoms with Gasteiger partial charge in [0.25, 0.3) is 0 Å². The van der Waals surface area contributed by atoms with Crippen molar-refractivity contribution in [3.8, 4) is 17.0 Å². The summed E-state index contributed by atoms with van der Waals surface area (Å²) in [5.41, 5.74) is 12.3. The second-order valence-corrected chi connectivity index (χ2v) is 7.69. The van der Waals surface area contributed by atoms with E-state index in [0.717, 1.165) is 33.5 Å². The molecule has 0 fully saturated rings. The number of benzene rings is 3. The van der Waals surface area contributed by atoms with Gasteiger partial charge in [0.1, 0.15) is 5.75 Å². The lowest BCUT2D eigenvalue weighted by Crippen LogP contribution is -2.28. The molecule has 4 rings (SSSR count). The normalized spacial score (nSPS) is 10.7. The molecule has 33 heavy (non-hydrogen) atoms. The van der Waals surface area contributed by atoms with Crippen molar-refractivity contribution in [3.05, 3.63) is 96.6 Å². The summed E-state index contributed by atoms with van der Waals surface area (Å²) in [7, 11) is 1.67. The Morgan fingerprint density at radius 1 is 1.09 bits per heavy atom. The lowest BCUT2D eigenvalue weighted by molar-refractivity contribution is 0.253. The third-order valence-electron chi connectivity index (χ3n) is 5.57. The summed E-state index contributed by atoms with van der Waals surface area (Å²) in [5, 5.41) is 6.71. The quantitative estimate of drug-likeness (QED) is 0.332. The van der Waals surface area contributed by atoms with Crippen molar-refractivity contribution in [1.82, 2.24) is 9.88 Å². The third kappa shape index (κ3) is 4.76. The van der Waals surface area contributed by atoms with Crippen LogP contribution in [0.5, 0.6) is 5.75 Å². The Labute approximate surface area is 193 Å². The zero-order valence-electron chi connectivity index (χ0n) is 18.7. The van der Waals surface area contributed by atoms with Gasteiger partial charge in [-0.2, -0.15) is 0 Å². The maximum atomic E-state index is 12.2. The van der Waals surface area contributed by atoms with E-state index in [9.17, 15) is 4.79 Å². The summed E-state index contributed by atoms with van der Waals surface area (Å²) in [5.74, 6) is 0.791. The molecule has 0 spiro atoms. The fraction of sp³-hybridized carbons (Fsp3) is 0.148. The number of amides is 2. The molecule has 1 heterocycles. The highest BCUT2D eigenvalue weighted by Crippen LogP contribution is 2.37. The van der Waals surface area contributed by atoms with Crippen molar-refractivity contribution >= 4 is 22.6 Å². The van der Waals surface area contributed by atoms with Crippen LogP contribution in [0.3, 0.4) is 0 Å². The van der Waals surface area contributed by atoms with Crippen molar-refractivity contribution in [2.24, 2.45) is 5.73 Å². The Morgan fingerprint density at radius 3 is 2.64 bits per heavy atom. The predicted molar refractivity (Wildman–Crippen MR) is 135 cm³/mol. The van der Waals surface area contributed by atoms with Gasteiger partial charge in [0.15, 0.2) is 0 Å². The average molecular weight is 441 g/mol. The Bertz CT molecular complexity index is 1280. The third-order valence-corrected chi connectivity index (χ3v) is 5.57. The van der Waals surface area contributed by atoms with E-state index in [-0.39, 0.29) is 6.03 Å². The Hall–Kier alpha value is -4.03. The number of fused-ring (bicyclic) bond motifs is 1. The average Bonchev–Trinajstić information content (AvgIpc) is 3.15. The molecule has 0 radical (unpaired) electrons. The molecule has 1 aromatic heterocycles. The molecule has 0 aliphatic carbocycles. The van der Waals surface area contributed by atoms with E-state index in [2.05, 4.69) is 40.0 Å². The van der Waals surface area contributed by atoms with Gasteiger partial charge in [0, 0.05) is 42.3 Å². The minimum Gasteiger partial charge on any atom is -0.497 e. The summed E-state index contributed by atoms with van der Waals surface area (Å²) in [6.07, 6.45) is 1.64. The largest absolute Gasteiger partial charge is 0.497 e. The van der Waals surface area contributed by atoms with Gasteiger partial charge >= 0.3 is 6.03 Å². The number of nitrogens with one attached hydrogen (secondary N) is 2. The minimum atomic E-state index is -0.277. The van der Waals surface area contributed by atoms with Crippen molar-refractivity contribution < 1.29 is 9.53 Å². The van der Waals surface area contributed by atoms with E-state index in [1.54, 1.807) is 13.2 Å². The van der Waals surface area contributed by atoms with Crippen LogP contribution >= 0.6 is 0 Å². The van der Waals surface area contributed by atoms with Crippen LogP contribution in [0.2, 0.25) is 0 Å². The zero-order chi connectivity index (χ0) is 23.2. The molecule has 0 aliphatic heterocycles. The molecule has 0 unspecified atom stereocenters. The lowest BCUT2D eigenvalue weighted by atomic mass is 10.0. The molecule has 4 aromatic rings. The molecule has 6 heteroatoms. The van der Waals surface area contributed by atoms with Crippen LogP contribution in [0.4, 0.5) is 10.5 Å². The van der Waals surface area contributed by atoms with E-state index in [0.29, 0.717) is 25.3 Å². The van der Waals surface area contributed by atoms with E-state index in [1.165, 1.54) is 5.56 Å². The minimum absolute atomic E-state index is 0.277. The molecule has 0 atom stereocenters. The number of anilines is 1. The predicted octanol–water partition coefficient (Wildman–Crippen LogP) is 5.13.